The number of carbonyl (C=O) groups is 1. The molecule has 0 amide bonds. The van der Waals surface area contributed by atoms with Crippen LogP contribution in [0.3, 0.4) is 0 Å². The van der Waals surface area contributed by atoms with E-state index in [9.17, 15) is 4.79 Å². The summed E-state index contributed by atoms with van der Waals surface area (Å²) in [7, 11) is 0. The van der Waals surface area contributed by atoms with Crippen LogP contribution in [0.2, 0.25) is 0 Å². The van der Waals surface area contributed by atoms with Crippen LogP contribution in [0.1, 0.15) is 12.8 Å². The van der Waals surface area contributed by atoms with Crippen molar-refractivity contribution < 1.29 is 9.53 Å². The average Bonchev–Trinajstić information content (AvgIpc) is 2.15. The van der Waals surface area contributed by atoms with E-state index in [1.54, 1.807) is 0 Å². The lowest BCUT2D eigenvalue weighted by molar-refractivity contribution is -0.112. The highest BCUT2D eigenvalue weighted by Crippen LogP contribution is 2.16. The molecule has 0 spiro atoms. The molecule has 1 atom stereocenters. The second-order valence-corrected chi connectivity index (χ2v) is 2.71. The van der Waals surface area contributed by atoms with Gasteiger partial charge in [0.1, 0.15) is 0 Å². The van der Waals surface area contributed by atoms with E-state index in [0.717, 1.165) is 13.0 Å². The van der Waals surface area contributed by atoms with Crippen LogP contribution in [-0.2, 0) is 9.53 Å². The zero-order valence-corrected chi connectivity index (χ0v) is 5.86. The molecule has 1 fully saturated rings. The third kappa shape index (κ3) is 2.33. The second kappa shape index (κ2) is 3.18. The Kier molecular flexibility index (Phi) is 2.49. The number of halogens is 1. The first-order chi connectivity index (χ1) is 4.29. The molecule has 0 bridgehead atoms. The first-order valence-electron chi connectivity index (χ1n) is 3.05. The Morgan fingerprint density at radius 1 is 1.78 bits per heavy atom. The topological polar surface area (TPSA) is 26.3 Å². The van der Waals surface area contributed by atoms with Gasteiger partial charge in [-0.3, -0.25) is 4.79 Å². The third-order valence-corrected chi connectivity index (χ3v) is 1.63. The molecule has 1 saturated heterocycles. The number of hydrogen-bond acceptors (Lipinski definition) is 2. The molecule has 0 aliphatic carbocycles. The summed E-state index contributed by atoms with van der Waals surface area (Å²) in [5.74, 6) is 0.384. The number of ether oxygens (including phenoxy) is 1. The van der Waals surface area contributed by atoms with Crippen molar-refractivity contribution in [3.8, 4) is 0 Å². The highest BCUT2D eigenvalue weighted by atomic mass is 35.5. The summed E-state index contributed by atoms with van der Waals surface area (Å²) in [6.07, 6.45) is 1.46. The monoisotopic (exact) mass is 148 g/mol. The van der Waals surface area contributed by atoms with Gasteiger partial charge >= 0.3 is 0 Å². The van der Waals surface area contributed by atoms with Gasteiger partial charge in [0.25, 0.3) is 0 Å². The zero-order valence-electron chi connectivity index (χ0n) is 5.10. The van der Waals surface area contributed by atoms with E-state index in [1.165, 1.54) is 0 Å². The quantitative estimate of drug-likeness (QED) is 0.550. The largest absolute Gasteiger partial charge is 0.381 e. The molecule has 0 aromatic heterocycles. The van der Waals surface area contributed by atoms with Crippen molar-refractivity contribution in [2.45, 2.75) is 12.8 Å². The van der Waals surface area contributed by atoms with Gasteiger partial charge in [0.15, 0.2) is 0 Å². The van der Waals surface area contributed by atoms with Crippen molar-refractivity contribution in [3.63, 3.8) is 0 Å². The Morgan fingerprint density at radius 2 is 2.56 bits per heavy atom. The standard InChI is InChI=1S/C6H9ClO2/c7-6(8)3-5-1-2-9-4-5/h5H,1-4H2/t5-/m1/s1. The zero-order chi connectivity index (χ0) is 6.69. The highest BCUT2D eigenvalue weighted by molar-refractivity contribution is 6.63. The molecule has 1 aliphatic rings. The second-order valence-electron chi connectivity index (χ2n) is 2.29. The lowest BCUT2D eigenvalue weighted by atomic mass is 10.1. The van der Waals surface area contributed by atoms with Crippen LogP contribution >= 0.6 is 11.6 Å². The summed E-state index contributed by atoms with van der Waals surface area (Å²) in [6, 6.07) is 0. The Hall–Kier alpha value is -0.0800. The highest BCUT2D eigenvalue weighted by Gasteiger charge is 2.17. The molecule has 9 heavy (non-hydrogen) atoms. The molecular formula is C6H9ClO2. The first-order valence-corrected chi connectivity index (χ1v) is 3.43. The minimum atomic E-state index is -0.245. The summed E-state index contributed by atoms with van der Waals surface area (Å²) in [4.78, 5) is 10.3. The summed E-state index contributed by atoms with van der Waals surface area (Å²) < 4.78 is 5.05. The van der Waals surface area contributed by atoms with Gasteiger partial charge in [0, 0.05) is 19.6 Å². The van der Waals surface area contributed by atoms with Crippen LogP contribution in [0.5, 0.6) is 0 Å². The van der Waals surface area contributed by atoms with Crippen LogP contribution in [-0.4, -0.2) is 18.5 Å². The van der Waals surface area contributed by atoms with Crippen molar-refractivity contribution in [2.75, 3.05) is 13.2 Å². The summed E-state index contributed by atoms with van der Waals surface area (Å²) in [5.41, 5.74) is 0. The van der Waals surface area contributed by atoms with Crippen molar-refractivity contribution in [1.29, 1.82) is 0 Å². The van der Waals surface area contributed by atoms with Gasteiger partial charge in [-0.1, -0.05) is 0 Å². The summed E-state index contributed by atoms with van der Waals surface area (Å²) in [6.45, 7) is 1.49. The first kappa shape index (κ1) is 7.03. The molecule has 0 unspecified atom stereocenters. The van der Waals surface area contributed by atoms with Gasteiger partial charge in [-0.05, 0) is 23.9 Å². The number of rotatable bonds is 2. The molecule has 0 aromatic rings. The molecule has 3 heteroatoms. The fraction of sp³-hybridized carbons (Fsp3) is 0.833. The molecule has 0 radical (unpaired) electrons. The molecule has 0 aromatic carbocycles. The van der Waals surface area contributed by atoms with Crippen molar-refractivity contribution in [3.05, 3.63) is 0 Å². The van der Waals surface area contributed by atoms with Gasteiger partial charge in [0.05, 0.1) is 0 Å². The van der Waals surface area contributed by atoms with Crippen LogP contribution in [0.15, 0.2) is 0 Å². The Bertz CT molecular complexity index is 108. The van der Waals surface area contributed by atoms with Gasteiger partial charge in [-0.2, -0.15) is 0 Å². The third-order valence-electron chi connectivity index (χ3n) is 1.47. The minimum absolute atomic E-state index is 0.245. The maximum atomic E-state index is 10.3. The summed E-state index contributed by atoms with van der Waals surface area (Å²) >= 11 is 5.16. The molecule has 1 rings (SSSR count). The molecule has 0 N–H and O–H groups in total. The van der Waals surface area contributed by atoms with Crippen molar-refractivity contribution in [2.24, 2.45) is 5.92 Å². The van der Waals surface area contributed by atoms with Crippen molar-refractivity contribution in [1.82, 2.24) is 0 Å². The van der Waals surface area contributed by atoms with E-state index in [0.29, 0.717) is 18.9 Å². The van der Waals surface area contributed by atoms with Gasteiger partial charge in [-0.25, -0.2) is 0 Å². The van der Waals surface area contributed by atoms with Gasteiger partial charge in [-0.15, -0.1) is 0 Å². The maximum Gasteiger partial charge on any atom is 0.221 e. The Morgan fingerprint density at radius 3 is 3.00 bits per heavy atom. The van der Waals surface area contributed by atoms with Crippen LogP contribution in [0, 0.1) is 5.92 Å². The number of hydrogen-bond donors (Lipinski definition) is 0. The smallest absolute Gasteiger partial charge is 0.221 e. The Labute approximate surface area is 59.1 Å². The molecule has 2 nitrogen and oxygen atoms in total. The van der Waals surface area contributed by atoms with E-state index < -0.39 is 0 Å². The van der Waals surface area contributed by atoms with E-state index in [-0.39, 0.29) is 5.24 Å². The Balaban J connectivity index is 2.19. The van der Waals surface area contributed by atoms with Crippen LogP contribution in [0.25, 0.3) is 0 Å². The lowest BCUT2D eigenvalue weighted by Gasteiger charge is -1.99. The maximum absolute atomic E-state index is 10.3. The van der Waals surface area contributed by atoms with E-state index in [4.69, 9.17) is 16.3 Å². The van der Waals surface area contributed by atoms with Crippen molar-refractivity contribution >= 4 is 16.8 Å². The predicted octanol–water partition coefficient (Wildman–Crippen LogP) is 1.18. The predicted molar refractivity (Wildman–Crippen MR) is 34.4 cm³/mol. The van der Waals surface area contributed by atoms with Crippen LogP contribution < -0.4 is 0 Å². The lowest BCUT2D eigenvalue weighted by Crippen LogP contribution is -2.02. The molecule has 1 aliphatic heterocycles. The molecule has 52 valence electrons. The fourth-order valence-corrected chi connectivity index (χ4v) is 1.19. The van der Waals surface area contributed by atoms with Crippen LogP contribution in [0.4, 0.5) is 0 Å². The van der Waals surface area contributed by atoms with E-state index in [2.05, 4.69) is 0 Å². The average molecular weight is 149 g/mol. The van der Waals surface area contributed by atoms with E-state index in [1.807, 2.05) is 0 Å². The van der Waals surface area contributed by atoms with Gasteiger partial charge in [0.2, 0.25) is 5.24 Å². The van der Waals surface area contributed by atoms with E-state index >= 15 is 0 Å². The van der Waals surface area contributed by atoms with Gasteiger partial charge < -0.3 is 4.74 Å². The summed E-state index contributed by atoms with van der Waals surface area (Å²) in [5, 5.41) is -0.245. The minimum Gasteiger partial charge on any atom is -0.381 e. The SMILES string of the molecule is O=C(Cl)C[C@H]1CCOC1. The number of carbonyl (C=O) groups excluding carboxylic acids is 1. The fourth-order valence-electron chi connectivity index (χ4n) is 0.971. The molecule has 0 saturated carbocycles. The molecule has 1 heterocycles. The molecular weight excluding hydrogens is 140 g/mol. The normalized spacial score (nSPS) is 26.6.